The molecule has 3 rings (SSSR count). The average molecular weight is 458 g/mol. The molecule has 148 valence electrons. The lowest BCUT2D eigenvalue weighted by atomic mass is 9.97. The maximum absolute atomic E-state index is 11.4. The number of benzene rings is 1. The number of nitrogens with zero attached hydrogens (tertiary/aromatic N) is 2. The van der Waals surface area contributed by atoms with E-state index in [0.29, 0.717) is 23.3 Å². The number of carbonyl (C=O) groups is 2. The molecule has 0 aliphatic carbocycles. The highest BCUT2D eigenvalue weighted by atomic mass is 79.9. The van der Waals surface area contributed by atoms with E-state index in [4.69, 9.17) is 9.47 Å². The number of hydrogen-bond donors (Lipinski definition) is 1. The van der Waals surface area contributed by atoms with Crippen molar-refractivity contribution in [3.8, 4) is 5.75 Å². The van der Waals surface area contributed by atoms with E-state index in [1.807, 2.05) is 17.1 Å². The molecular formula is C18H24BrN3O4S. The van der Waals surface area contributed by atoms with Gasteiger partial charge in [-0.2, -0.15) is 5.10 Å². The number of esters is 1. The molecule has 0 spiro atoms. The topological polar surface area (TPSA) is 80.2 Å². The van der Waals surface area contributed by atoms with Crippen molar-refractivity contribution in [3.05, 3.63) is 24.3 Å². The zero-order valence-corrected chi connectivity index (χ0v) is 17.7. The molecule has 0 radical (unpaired) electrons. The molecule has 2 heterocycles. The second kappa shape index (κ2) is 10.7. The summed E-state index contributed by atoms with van der Waals surface area (Å²) in [6.07, 6.45) is 2.95. The van der Waals surface area contributed by atoms with Crippen LogP contribution in [0.3, 0.4) is 0 Å². The Morgan fingerprint density at radius 1 is 1.33 bits per heavy atom. The lowest BCUT2D eigenvalue weighted by Crippen LogP contribution is -2.38. The summed E-state index contributed by atoms with van der Waals surface area (Å²) in [7, 11) is 0. The fraction of sp³-hybridized carbons (Fsp3) is 0.500. The van der Waals surface area contributed by atoms with Crippen LogP contribution in [0.1, 0.15) is 19.8 Å². The zero-order chi connectivity index (χ0) is 18.4. The number of nitrogens with one attached hydrogen (secondary N) is 1. The van der Waals surface area contributed by atoms with Crippen molar-refractivity contribution in [1.82, 2.24) is 5.32 Å². The molecule has 1 atom stereocenters. The zero-order valence-electron chi connectivity index (χ0n) is 15.1. The number of halogens is 1. The SMILES string of the molecule is Br.CCOC(=O)COc1ccc(N2N=C(C=O)SC2C2CCNCC2)cc1. The molecule has 1 saturated heterocycles. The van der Waals surface area contributed by atoms with Gasteiger partial charge in [0.2, 0.25) is 0 Å². The number of piperidine rings is 1. The maximum Gasteiger partial charge on any atom is 0.344 e. The standard InChI is InChI=1S/C18H23N3O4S.BrH/c1-2-24-17(23)12-25-15-5-3-14(4-6-15)21-18(26-16(11-22)20-21)13-7-9-19-10-8-13;/h3-6,11,13,18-19H,2,7-10,12H2,1H3;1H. The van der Waals surface area contributed by atoms with Gasteiger partial charge in [-0.25, -0.2) is 4.79 Å². The van der Waals surface area contributed by atoms with E-state index in [-0.39, 0.29) is 29.0 Å². The second-order valence-corrected chi connectivity index (χ2v) is 7.22. The minimum atomic E-state index is -0.390. The third-order valence-electron chi connectivity index (χ3n) is 4.34. The molecule has 1 aromatic rings. The molecule has 1 unspecified atom stereocenters. The highest BCUT2D eigenvalue weighted by molar-refractivity contribution is 8.93. The molecule has 1 aromatic carbocycles. The fourth-order valence-electron chi connectivity index (χ4n) is 3.08. The molecule has 0 aromatic heterocycles. The van der Waals surface area contributed by atoms with Gasteiger partial charge in [-0.15, -0.1) is 17.0 Å². The Labute approximate surface area is 173 Å². The molecule has 0 saturated carbocycles. The number of carbonyl (C=O) groups excluding carboxylic acids is 2. The van der Waals surface area contributed by atoms with Gasteiger partial charge in [0.1, 0.15) is 11.1 Å². The smallest absolute Gasteiger partial charge is 0.344 e. The van der Waals surface area contributed by atoms with Gasteiger partial charge in [0, 0.05) is 0 Å². The van der Waals surface area contributed by atoms with Gasteiger partial charge >= 0.3 is 5.97 Å². The van der Waals surface area contributed by atoms with Crippen LogP contribution < -0.4 is 15.1 Å². The lowest BCUT2D eigenvalue weighted by Gasteiger charge is -2.32. The first-order valence-corrected chi connectivity index (χ1v) is 9.68. The van der Waals surface area contributed by atoms with Gasteiger partial charge in [0.15, 0.2) is 17.9 Å². The van der Waals surface area contributed by atoms with E-state index >= 15 is 0 Å². The Hall–Kier alpha value is -1.58. The molecule has 27 heavy (non-hydrogen) atoms. The van der Waals surface area contributed by atoms with Crippen LogP contribution in [0.5, 0.6) is 5.75 Å². The van der Waals surface area contributed by atoms with Gasteiger partial charge < -0.3 is 14.8 Å². The minimum Gasteiger partial charge on any atom is -0.482 e. The Kier molecular flexibility index (Phi) is 8.59. The molecule has 7 nitrogen and oxygen atoms in total. The maximum atomic E-state index is 11.4. The van der Waals surface area contributed by atoms with Crippen molar-refractivity contribution < 1.29 is 19.1 Å². The van der Waals surface area contributed by atoms with E-state index in [1.54, 1.807) is 19.1 Å². The first kappa shape index (κ1) is 21.7. The quantitative estimate of drug-likeness (QED) is 0.497. The van der Waals surface area contributed by atoms with E-state index in [9.17, 15) is 9.59 Å². The lowest BCUT2D eigenvalue weighted by molar-refractivity contribution is -0.145. The van der Waals surface area contributed by atoms with E-state index in [0.717, 1.165) is 37.9 Å². The first-order valence-electron chi connectivity index (χ1n) is 8.80. The molecule has 0 bridgehead atoms. The first-order chi connectivity index (χ1) is 12.7. The Morgan fingerprint density at radius 2 is 2.04 bits per heavy atom. The average Bonchev–Trinajstić information content (AvgIpc) is 3.12. The number of hydrazone groups is 1. The van der Waals surface area contributed by atoms with Gasteiger partial charge in [-0.05, 0) is 63.0 Å². The summed E-state index contributed by atoms with van der Waals surface area (Å²) < 4.78 is 10.3. The third-order valence-corrected chi connectivity index (χ3v) is 5.59. The number of aldehydes is 1. The summed E-state index contributed by atoms with van der Waals surface area (Å²) in [6.45, 7) is 3.97. The minimum absolute atomic E-state index is 0. The Morgan fingerprint density at radius 3 is 2.67 bits per heavy atom. The van der Waals surface area contributed by atoms with Crippen molar-refractivity contribution in [3.63, 3.8) is 0 Å². The summed E-state index contributed by atoms with van der Waals surface area (Å²) in [5, 5.41) is 10.4. The van der Waals surface area contributed by atoms with Crippen molar-refractivity contribution >= 4 is 51.7 Å². The molecule has 1 N–H and O–H groups in total. The monoisotopic (exact) mass is 457 g/mol. The van der Waals surface area contributed by atoms with E-state index in [2.05, 4.69) is 10.4 Å². The summed E-state index contributed by atoms with van der Waals surface area (Å²) in [6, 6.07) is 7.39. The largest absolute Gasteiger partial charge is 0.482 e. The summed E-state index contributed by atoms with van der Waals surface area (Å²) in [5.41, 5.74) is 0.904. The van der Waals surface area contributed by atoms with Gasteiger partial charge in [0.05, 0.1) is 12.3 Å². The highest BCUT2D eigenvalue weighted by Gasteiger charge is 2.35. The normalized spacial score (nSPS) is 19.8. The van der Waals surface area contributed by atoms with Crippen molar-refractivity contribution in [2.45, 2.75) is 25.1 Å². The molecule has 2 aliphatic rings. The van der Waals surface area contributed by atoms with Gasteiger partial charge in [-0.3, -0.25) is 9.80 Å². The molecule has 2 aliphatic heterocycles. The number of rotatable bonds is 7. The number of ether oxygens (including phenoxy) is 2. The molecule has 0 amide bonds. The third kappa shape index (κ3) is 5.70. The Balaban J connectivity index is 0.00000261. The summed E-state index contributed by atoms with van der Waals surface area (Å²) in [5.74, 6) is 0.674. The van der Waals surface area contributed by atoms with Crippen LogP contribution in [0, 0.1) is 5.92 Å². The van der Waals surface area contributed by atoms with Crippen LogP contribution in [0.2, 0.25) is 0 Å². The van der Waals surface area contributed by atoms with Crippen LogP contribution in [-0.2, 0) is 14.3 Å². The number of hydrogen-bond acceptors (Lipinski definition) is 8. The van der Waals surface area contributed by atoms with Crippen molar-refractivity contribution in [1.29, 1.82) is 0 Å². The van der Waals surface area contributed by atoms with Crippen LogP contribution in [0.4, 0.5) is 5.69 Å². The molecule has 9 heteroatoms. The predicted octanol–water partition coefficient (Wildman–Crippen LogP) is 2.60. The molecular weight excluding hydrogens is 434 g/mol. The number of thioether (sulfide) groups is 1. The van der Waals surface area contributed by atoms with Gasteiger partial charge in [0.25, 0.3) is 0 Å². The van der Waals surface area contributed by atoms with Crippen LogP contribution in [0.15, 0.2) is 29.4 Å². The van der Waals surface area contributed by atoms with Crippen molar-refractivity contribution in [2.24, 2.45) is 11.0 Å². The van der Waals surface area contributed by atoms with E-state index < -0.39 is 5.97 Å². The number of anilines is 1. The Bertz CT molecular complexity index is 665. The van der Waals surface area contributed by atoms with Crippen molar-refractivity contribution in [2.75, 3.05) is 31.3 Å². The van der Waals surface area contributed by atoms with Crippen LogP contribution >= 0.6 is 28.7 Å². The predicted molar refractivity (Wildman–Crippen MR) is 112 cm³/mol. The fourth-order valence-corrected chi connectivity index (χ4v) is 4.25. The van der Waals surface area contributed by atoms with Gasteiger partial charge in [-0.1, -0.05) is 11.8 Å². The van der Waals surface area contributed by atoms with Crippen LogP contribution in [-0.4, -0.2) is 49.0 Å². The summed E-state index contributed by atoms with van der Waals surface area (Å²) in [4.78, 5) is 22.6. The second-order valence-electron chi connectivity index (χ2n) is 6.08. The van der Waals surface area contributed by atoms with E-state index in [1.165, 1.54) is 11.8 Å². The highest BCUT2D eigenvalue weighted by Crippen LogP contribution is 2.38. The van der Waals surface area contributed by atoms with Crippen LogP contribution in [0.25, 0.3) is 0 Å². The molecule has 1 fully saturated rings. The summed E-state index contributed by atoms with van der Waals surface area (Å²) >= 11 is 1.53.